The van der Waals surface area contributed by atoms with Gasteiger partial charge in [0.15, 0.2) is 0 Å². The molecule has 0 aliphatic carbocycles. The van der Waals surface area contributed by atoms with E-state index in [0.29, 0.717) is 12.4 Å². The van der Waals surface area contributed by atoms with Gasteiger partial charge in [0, 0.05) is 6.07 Å². The topological polar surface area (TPSA) is 46.5 Å². The Morgan fingerprint density at radius 3 is 3.08 bits per heavy atom. The fourth-order valence-electron chi connectivity index (χ4n) is 0.816. The minimum atomic E-state index is -0.954. The Balaban J connectivity index is 2.88. The molecule has 0 unspecified atom stereocenters. The fraction of sp³-hybridized carbons (Fsp3) is 0.222. The molecule has 1 radical (unpaired) electrons. The third-order valence-corrected chi connectivity index (χ3v) is 1.32. The lowest BCUT2D eigenvalue weighted by Crippen LogP contribution is -1.97. The molecule has 63 valence electrons. The van der Waals surface area contributed by atoms with Crippen LogP contribution in [-0.4, -0.2) is 17.7 Å². The highest BCUT2D eigenvalue weighted by Crippen LogP contribution is 2.11. The molecule has 1 rings (SSSR count). The van der Waals surface area contributed by atoms with E-state index < -0.39 is 5.97 Å². The van der Waals surface area contributed by atoms with Gasteiger partial charge in [-0.1, -0.05) is 0 Å². The van der Waals surface area contributed by atoms with Crippen molar-refractivity contribution in [2.75, 3.05) is 6.61 Å². The average molecular weight is 165 g/mol. The van der Waals surface area contributed by atoms with Crippen LogP contribution in [0.25, 0.3) is 0 Å². The lowest BCUT2D eigenvalue weighted by Gasteiger charge is -2.01. The van der Waals surface area contributed by atoms with Gasteiger partial charge in [-0.05, 0) is 25.1 Å². The number of hydrogen-bond donors (Lipinski definition) is 1. The Morgan fingerprint density at radius 1 is 1.75 bits per heavy atom. The van der Waals surface area contributed by atoms with Crippen molar-refractivity contribution in [2.45, 2.75) is 6.92 Å². The molecule has 0 bridgehead atoms. The number of rotatable bonds is 3. The van der Waals surface area contributed by atoms with E-state index in [4.69, 9.17) is 9.84 Å². The van der Waals surface area contributed by atoms with Crippen molar-refractivity contribution >= 4 is 5.97 Å². The molecule has 3 heteroatoms. The van der Waals surface area contributed by atoms with Crippen LogP contribution in [0.4, 0.5) is 0 Å². The summed E-state index contributed by atoms with van der Waals surface area (Å²) in [6.07, 6.45) is 0. The van der Waals surface area contributed by atoms with Gasteiger partial charge in [-0.15, -0.1) is 0 Å². The minimum absolute atomic E-state index is 0.220. The monoisotopic (exact) mass is 165 g/mol. The largest absolute Gasteiger partial charge is 0.493 e. The first-order valence-corrected chi connectivity index (χ1v) is 3.62. The summed E-state index contributed by atoms with van der Waals surface area (Å²) >= 11 is 0. The molecule has 3 nitrogen and oxygen atoms in total. The second-order valence-electron chi connectivity index (χ2n) is 2.18. The van der Waals surface area contributed by atoms with Crippen molar-refractivity contribution in [2.24, 2.45) is 0 Å². The summed E-state index contributed by atoms with van der Waals surface area (Å²) in [5, 5.41) is 8.61. The van der Waals surface area contributed by atoms with E-state index in [0.717, 1.165) is 0 Å². The summed E-state index contributed by atoms with van der Waals surface area (Å²) in [6, 6.07) is 7.24. The van der Waals surface area contributed by atoms with E-state index in [9.17, 15) is 4.79 Å². The Labute approximate surface area is 70.6 Å². The molecule has 0 saturated carbocycles. The third kappa shape index (κ3) is 1.99. The molecular formula is C9H9O3. The van der Waals surface area contributed by atoms with Gasteiger partial charge in [0.1, 0.15) is 5.75 Å². The normalized spacial score (nSPS) is 9.42. The van der Waals surface area contributed by atoms with Crippen LogP contribution in [0.2, 0.25) is 0 Å². The van der Waals surface area contributed by atoms with Crippen molar-refractivity contribution in [1.29, 1.82) is 0 Å². The Bertz CT molecular complexity index is 281. The lowest BCUT2D eigenvalue weighted by atomic mass is 10.2. The molecule has 0 heterocycles. The van der Waals surface area contributed by atoms with Gasteiger partial charge < -0.3 is 9.84 Å². The van der Waals surface area contributed by atoms with E-state index in [1.165, 1.54) is 18.2 Å². The molecule has 1 aromatic rings. The van der Waals surface area contributed by atoms with Crippen LogP contribution in [0.1, 0.15) is 17.3 Å². The number of benzene rings is 1. The van der Waals surface area contributed by atoms with Gasteiger partial charge in [-0.2, -0.15) is 0 Å². The van der Waals surface area contributed by atoms with Crippen molar-refractivity contribution < 1.29 is 14.6 Å². The number of aromatic carboxylic acids is 1. The van der Waals surface area contributed by atoms with E-state index in [2.05, 4.69) is 6.07 Å². The summed E-state index contributed by atoms with van der Waals surface area (Å²) in [6.45, 7) is 2.35. The molecular weight excluding hydrogens is 156 g/mol. The number of hydrogen-bond acceptors (Lipinski definition) is 2. The SMILES string of the molecule is CCOc1[c]ccc(C(=O)O)c1. The molecule has 0 saturated heterocycles. The average Bonchev–Trinajstić information content (AvgIpc) is 2.05. The van der Waals surface area contributed by atoms with Crippen LogP contribution >= 0.6 is 0 Å². The van der Waals surface area contributed by atoms with Gasteiger partial charge in [0.2, 0.25) is 0 Å². The van der Waals surface area contributed by atoms with E-state index in [1.54, 1.807) is 0 Å². The van der Waals surface area contributed by atoms with Crippen LogP contribution in [0.3, 0.4) is 0 Å². The summed E-state index contributed by atoms with van der Waals surface area (Å²) in [7, 11) is 0. The fourth-order valence-corrected chi connectivity index (χ4v) is 0.816. The lowest BCUT2D eigenvalue weighted by molar-refractivity contribution is 0.0696. The molecule has 1 aromatic carbocycles. The molecule has 12 heavy (non-hydrogen) atoms. The van der Waals surface area contributed by atoms with Crippen LogP contribution < -0.4 is 4.74 Å². The molecule has 0 atom stereocenters. The number of carboxylic acid groups (broad SMARTS) is 1. The standard InChI is InChI=1S/C9H9O3/c1-2-12-8-5-3-4-7(6-8)9(10)11/h3-4,6H,2H2,1H3,(H,10,11). The maximum absolute atomic E-state index is 10.5. The zero-order chi connectivity index (χ0) is 8.97. The first-order chi connectivity index (χ1) is 5.74. The van der Waals surface area contributed by atoms with Gasteiger partial charge in [0.25, 0.3) is 0 Å². The Kier molecular flexibility index (Phi) is 2.69. The van der Waals surface area contributed by atoms with Crippen molar-refractivity contribution in [1.82, 2.24) is 0 Å². The summed E-state index contributed by atoms with van der Waals surface area (Å²) in [5.74, 6) is -0.484. The van der Waals surface area contributed by atoms with Crippen molar-refractivity contribution in [3.63, 3.8) is 0 Å². The summed E-state index contributed by atoms with van der Waals surface area (Å²) in [4.78, 5) is 10.5. The number of carboxylic acids is 1. The highest BCUT2D eigenvalue weighted by molar-refractivity contribution is 5.87. The summed E-state index contributed by atoms with van der Waals surface area (Å²) in [5.41, 5.74) is 0.220. The van der Waals surface area contributed by atoms with Crippen LogP contribution in [0, 0.1) is 6.07 Å². The smallest absolute Gasteiger partial charge is 0.335 e. The second kappa shape index (κ2) is 3.76. The van der Waals surface area contributed by atoms with Crippen molar-refractivity contribution in [3.8, 4) is 5.75 Å². The first-order valence-electron chi connectivity index (χ1n) is 3.62. The second-order valence-corrected chi connectivity index (χ2v) is 2.18. The maximum atomic E-state index is 10.5. The van der Waals surface area contributed by atoms with E-state index >= 15 is 0 Å². The first kappa shape index (κ1) is 8.59. The molecule has 0 aliphatic rings. The quantitative estimate of drug-likeness (QED) is 0.739. The highest BCUT2D eigenvalue weighted by Gasteiger charge is 2.02. The van der Waals surface area contributed by atoms with Crippen LogP contribution in [0.5, 0.6) is 5.75 Å². The molecule has 0 aliphatic heterocycles. The molecule has 0 aromatic heterocycles. The predicted octanol–water partition coefficient (Wildman–Crippen LogP) is 1.58. The van der Waals surface area contributed by atoms with Crippen LogP contribution in [-0.2, 0) is 0 Å². The summed E-state index contributed by atoms with van der Waals surface area (Å²) < 4.78 is 5.08. The van der Waals surface area contributed by atoms with Gasteiger partial charge in [-0.3, -0.25) is 0 Å². The van der Waals surface area contributed by atoms with Crippen molar-refractivity contribution in [3.05, 3.63) is 29.8 Å². The molecule has 1 N–H and O–H groups in total. The van der Waals surface area contributed by atoms with E-state index in [1.807, 2.05) is 6.92 Å². The van der Waals surface area contributed by atoms with E-state index in [-0.39, 0.29) is 5.56 Å². The van der Waals surface area contributed by atoms with Gasteiger partial charge in [-0.25, -0.2) is 4.79 Å². The minimum Gasteiger partial charge on any atom is -0.493 e. The third-order valence-electron chi connectivity index (χ3n) is 1.32. The maximum Gasteiger partial charge on any atom is 0.335 e. The zero-order valence-corrected chi connectivity index (χ0v) is 6.70. The van der Waals surface area contributed by atoms with Gasteiger partial charge >= 0.3 is 5.97 Å². The Hall–Kier alpha value is -1.51. The number of ether oxygens (including phenoxy) is 1. The zero-order valence-electron chi connectivity index (χ0n) is 6.70. The Morgan fingerprint density at radius 2 is 2.50 bits per heavy atom. The molecule has 0 spiro atoms. The highest BCUT2D eigenvalue weighted by atomic mass is 16.5. The molecule has 0 fully saturated rings. The van der Waals surface area contributed by atoms with Gasteiger partial charge in [0.05, 0.1) is 12.2 Å². The number of carbonyl (C=O) groups is 1. The predicted molar refractivity (Wildman–Crippen MR) is 43.4 cm³/mol. The van der Waals surface area contributed by atoms with Crippen LogP contribution in [0.15, 0.2) is 18.2 Å². The molecule has 0 amide bonds.